The van der Waals surface area contributed by atoms with Gasteiger partial charge in [-0.25, -0.2) is 0 Å². The van der Waals surface area contributed by atoms with Gasteiger partial charge in [-0.3, -0.25) is 4.79 Å². The van der Waals surface area contributed by atoms with Crippen molar-refractivity contribution >= 4 is 17.3 Å². The summed E-state index contributed by atoms with van der Waals surface area (Å²) in [4.78, 5) is 14.2. The van der Waals surface area contributed by atoms with Gasteiger partial charge in [-0.1, -0.05) is 12.1 Å². The molecule has 4 heteroatoms. The van der Waals surface area contributed by atoms with Gasteiger partial charge in [0, 0.05) is 31.0 Å². The molecule has 0 fully saturated rings. The molecule has 0 aliphatic carbocycles. The van der Waals surface area contributed by atoms with Crippen LogP contribution in [0, 0.1) is 13.8 Å². The van der Waals surface area contributed by atoms with Crippen molar-refractivity contribution in [1.29, 1.82) is 0 Å². The van der Waals surface area contributed by atoms with E-state index in [4.69, 9.17) is 0 Å². The molecule has 0 saturated carbocycles. The summed E-state index contributed by atoms with van der Waals surface area (Å²) in [6, 6.07) is 10.7. The molecule has 0 unspecified atom stereocenters. The monoisotopic (exact) mass is 284 g/mol. The van der Waals surface area contributed by atoms with Crippen LogP contribution in [0.3, 0.4) is 0 Å². The summed E-state index contributed by atoms with van der Waals surface area (Å²) in [5.74, 6) is -0.112. The smallest absolute Gasteiger partial charge is 0.255 e. The van der Waals surface area contributed by atoms with Crippen LogP contribution >= 0.6 is 0 Å². The number of phenols is 1. The predicted octanol–water partition coefficient (Wildman–Crippen LogP) is 3.33. The standard InChI is InChI=1S/C17H20N2O2/c1-11-6-8-14(10-15(11)19(3)4)18-17(21)13-7-5-12(2)16(20)9-13/h5-10,20H,1-4H3,(H,18,21). The minimum atomic E-state index is -0.237. The Bertz CT molecular complexity index is 678. The molecule has 0 heterocycles. The summed E-state index contributed by atoms with van der Waals surface area (Å²) in [7, 11) is 3.93. The van der Waals surface area contributed by atoms with E-state index < -0.39 is 0 Å². The molecule has 0 atom stereocenters. The van der Waals surface area contributed by atoms with Gasteiger partial charge in [0.25, 0.3) is 5.91 Å². The Morgan fingerprint density at radius 3 is 2.33 bits per heavy atom. The fraction of sp³-hybridized carbons (Fsp3) is 0.235. The van der Waals surface area contributed by atoms with Crippen molar-refractivity contribution in [1.82, 2.24) is 0 Å². The van der Waals surface area contributed by atoms with Crippen molar-refractivity contribution in [3.05, 3.63) is 53.1 Å². The number of carbonyl (C=O) groups is 1. The van der Waals surface area contributed by atoms with Gasteiger partial charge in [0.1, 0.15) is 5.75 Å². The number of hydrogen-bond acceptors (Lipinski definition) is 3. The van der Waals surface area contributed by atoms with E-state index in [9.17, 15) is 9.90 Å². The van der Waals surface area contributed by atoms with E-state index >= 15 is 0 Å². The fourth-order valence-corrected chi connectivity index (χ4v) is 2.12. The molecule has 0 aliphatic heterocycles. The predicted molar refractivity (Wildman–Crippen MR) is 86.3 cm³/mol. The highest BCUT2D eigenvalue weighted by molar-refractivity contribution is 6.04. The largest absolute Gasteiger partial charge is 0.508 e. The molecule has 2 aromatic rings. The molecule has 0 bridgehead atoms. The molecular weight excluding hydrogens is 264 g/mol. The molecule has 1 amide bonds. The molecule has 0 aliphatic rings. The first kappa shape index (κ1) is 14.9. The Hall–Kier alpha value is -2.49. The highest BCUT2D eigenvalue weighted by atomic mass is 16.3. The van der Waals surface area contributed by atoms with Crippen molar-refractivity contribution in [2.75, 3.05) is 24.3 Å². The van der Waals surface area contributed by atoms with E-state index in [1.165, 1.54) is 6.07 Å². The third kappa shape index (κ3) is 3.34. The average Bonchev–Trinajstić information content (AvgIpc) is 2.43. The number of nitrogens with one attached hydrogen (secondary N) is 1. The summed E-state index contributed by atoms with van der Waals surface area (Å²) in [6.07, 6.45) is 0. The van der Waals surface area contributed by atoms with E-state index in [-0.39, 0.29) is 11.7 Å². The zero-order chi connectivity index (χ0) is 15.6. The van der Waals surface area contributed by atoms with Crippen LogP contribution < -0.4 is 10.2 Å². The molecule has 0 aromatic heterocycles. The first-order valence-corrected chi connectivity index (χ1v) is 6.77. The second kappa shape index (κ2) is 5.87. The van der Waals surface area contributed by atoms with Crippen molar-refractivity contribution < 1.29 is 9.90 Å². The number of benzene rings is 2. The van der Waals surface area contributed by atoms with Crippen molar-refractivity contribution in [2.45, 2.75) is 13.8 Å². The molecule has 0 saturated heterocycles. The lowest BCUT2D eigenvalue weighted by Crippen LogP contribution is -2.14. The van der Waals surface area contributed by atoms with Crippen molar-refractivity contribution in [3.63, 3.8) is 0 Å². The van der Waals surface area contributed by atoms with Crippen LogP contribution in [-0.2, 0) is 0 Å². The summed E-state index contributed by atoms with van der Waals surface area (Å²) in [5, 5.41) is 12.5. The summed E-state index contributed by atoms with van der Waals surface area (Å²) < 4.78 is 0. The van der Waals surface area contributed by atoms with Crippen LogP contribution in [-0.4, -0.2) is 25.1 Å². The number of anilines is 2. The normalized spacial score (nSPS) is 10.3. The lowest BCUT2D eigenvalue weighted by molar-refractivity contribution is 0.102. The minimum Gasteiger partial charge on any atom is -0.508 e. The Kier molecular flexibility index (Phi) is 4.17. The molecule has 0 radical (unpaired) electrons. The quantitative estimate of drug-likeness (QED) is 0.909. The zero-order valence-electron chi connectivity index (χ0n) is 12.8. The number of nitrogens with zero attached hydrogens (tertiary/aromatic N) is 1. The van der Waals surface area contributed by atoms with Gasteiger partial charge in [0.15, 0.2) is 0 Å². The van der Waals surface area contributed by atoms with Crippen LogP contribution in [0.4, 0.5) is 11.4 Å². The first-order valence-electron chi connectivity index (χ1n) is 6.77. The van der Waals surface area contributed by atoms with Gasteiger partial charge < -0.3 is 15.3 Å². The van der Waals surface area contributed by atoms with Crippen LogP contribution in [0.1, 0.15) is 21.5 Å². The molecule has 0 spiro atoms. The Labute approximate surface area is 125 Å². The van der Waals surface area contributed by atoms with Gasteiger partial charge >= 0.3 is 0 Å². The highest BCUT2D eigenvalue weighted by Gasteiger charge is 2.09. The maximum Gasteiger partial charge on any atom is 0.255 e. The molecule has 2 aromatic carbocycles. The molecule has 21 heavy (non-hydrogen) atoms. The summed E-state index contributed by atoms with van der Waals surface area (Å²) in [6.45, 7) is 3.82. The molecule has 2 rings (SSSR count). The SMILES string of the molecule is Cc1ccc(C(=O)Nc2ccc(C)c(N(C)C)c2)cc1O. The second-order valence-corrected chi connectivity index (χ2v) is 5.35. The van der Waals surface area contributed by atoms with Crippen LogP contribution in [0.15, 0.2) is 36.4 Å². The molecule has 110 valence electrons. The van der Waals surface area contributed by atoms with E-state index in [0.717, 1.165) is 22.5 Å². The van der Waals surface area contributed by atoms with Gasteiger partial charge in [0.05, 0.1) is 0 Å². The van der Waals surface area contributed by atoms with Gasteiger partial charge in [-0.2, -0.15) is 0 Å². The van der Waals surface area contributed by atoms with Crippen molar-refractivity contribution in [2.24, 2.45) is 0 Å². The van der Waals surface area contributed by atoms with Crippen LogP contribution in [0.2, 0.25) is 0 Å². The Morgan fingerprint density at radius 1 is 1.05 bits per heavy atom. The number of amides is 1. The lowest BCUT2D eigenvalue weighted by Gasteiger charge is -2.17. The van der Waals surface area contributed by atoms with E-state index in [0.29, 0.717) is 5.56 Å². The van der Waals surface area contributed by atoms with Gasteiger partial charge in [0.2, 0.25) is 0 Å². The third-order valence-electron chi connectivity index (χ3n) is 3.42. The number of aryl methyl sites for hydroxylation is 2. The lowest BCUT2D eigenvalue weighted by atomic mass is 10.1. The van der Waals surface area contributed by atoms with Gasteiger partial charge in [-0.05, 0) is 49.2 Å². The molecule has 2 N–H and O–H groups in total. The number of rotatable bonds is 3. The van der Waals surface area contributed by atoms with E-state index in [1.807, 2.05) is 44.1 Å². The zero-order valence-corrected chi connectivity index (χ0v) is 12.8. The maximum absolute atomic E-state index is 12.2. The van der Waals surface area contributed by atoms with Gasteiger partial charge in [-0.15, -0.1) is 0 Å². The number of carbonyl (C=O) groups excluding carboxylic acids is 1. The topological polar surface area (TPSA) is 52.6 Å². The highest BCUT2D eigenvalue weighted by Crippen LogP contribution is 2.23. The van der Waals surface area contributed by atoms with Crippen LogP contribution in [0.5, 0.6) is 5.75 Å². The number of aromatic hydroxyl groups is 1. The first-order chi connectivity index (χ1) is 9.88. The minimum absolute atomic E-state index is 0.125. The van der Waals surface area contributed by atoms with Crippen molar-refractivity contribution in [3.8, 4) is 5.75 Å². The average molecular weight is 284 g/mol. The summed E-state index contributed by atoms with van der Waals surface area (Å²) in [5.41, 5.74) is 4.11. The fourth-order valence-electron chi connectivity index (χ4n) is 2.12. The second-order valence-electron chi connectivity index (χ2n) is 5.35. The van der Waals surface area contributed by atoms with Crippen LogP contribution in [0.25, 0.3) is 0 Å². The summed E-state index contributed by atoms with van der Waals surface area (Å²) >= 11 is 0. The maximum atomic E-state index is 12.2. The number of phenolic OH excluding ortho intramolecular Hbond substituents is 1. The molecular formula is C17H20N2O2. The Balaban J connectivity index is 2.23. The van der Waals surface area contributed by atoms with E-state index in [1.54, 1.807) is 19.1 Å². The molecule has 4 nitrogen and oxygen atoms in total. The van der Waals surface area contributed by atoms with E-state index in [2.05, 4.69) is 5.32 Å². The third-order valence-corrected chi connectivity index (χ3v) is 3.42. The number of hydrogen-bond donors (Lipinski definition) is 2. The Morgan fingerprint density at radius 2 is 1.71 bits per heavy atom.